The smallest absolute Gasteiger partial charge is 0.331 e. The molecule has 0 saturated carbocycles. The highest BCUT2D eigenvalue weighted by Gasteiger charge is 2.46. The van der Waals surface area contributed by atoms with E-state index in [1.165, 1.54) is 0 Å². The summed E-state index contributed by atoms with van der Waals surface area (Å²) in [5, 5.41) is 5.81. The topological polar surface area (TPSA) is 68.2 Å². The van der Waals surface area contributed by atoms with Crippen LogP contribution in [-0.4, -0.2) is 35.9 Å². The Labute approximate surface area is 162 Å². The number of para-hydroxylation sites is 1. The fraction of sp³-hybridized carbons (Fsp3) is 0.250. The van der Waals surface area contributed by atoms with Gasteiger partial charge in [-0.2, -0.15) is 0 Å². The summed E-state index contributed by atoms with van der Waals surface area (Å²) in [5.41, 5.74) is 0.826. The number of esters is 1. The largest absolute Gasteiger partial charge is 0.464 e. The Balaban J connectivity index is 1.83. The van der Waals surface area contributed by atoms with Gasteiger partial charge in [-0.15, -0.1) is 5.10 Å². The SMILES string of the molecule is CCOC(=O)[C@H]1[C@H](c2ccc(Cl)cc2)CC(=O)N1N=COc1ccccc1. The molecule has 1 aliphatic rings. The van der Waals surface area contributed by atoms with Crippen molar-refractivity contribution in [2.75, 3.05) is 6.61 Å². The molecule has 0 aromatic heterocycles. The van der Waals surface area contributed by atoms with Crippen LogP contribution in [0.1, 0.15) is 24.8 Å². The van der Waals surface area contributed by atoms with Crippen molar-refractivity contribution in [3.05, 3.63) is 65.2 Å². The van der Waals surface area contributed by atoms with Crippen LogP contribution < -0.4 is 4.74 Å². The number of carbonyl (C=O) groups excluding carboxylic acids is 2. The zero-order chi connectivity index (χ0) is 19.2. The lowest BCUT2D eigenvalue weighted by atomic mass is 9.92. The van der Waals surface area contributed by atoms with Gasteiger partial charge in [0.1, 0.15) is 5.75 Å². The summed E-state index contributed by atoms with van der Waals surface area (Å²) >= 11 is 5.94. The van der Waals surface area contributed by atoms with Crippen molar-refractivity contribution in [3.8, 4) is 5.75 Å². The average molecular weight is 387 g/mol. The molecule has 140 valence electrons. The number of hydrogen-bond donors (Lipinski definition) is 0. The van der Waals surface area contributed by atoms with Gasteiger partial charge in [-0.1, -0.05) is 41.9 Å². The highest BCUT2D eigenvalue weighted by atomic mass is 35.5. The monoisotopic (exact) mass is 386 g/mol. The molecule has 1 amide bonds. The number of carbonyl (C=O) groups is 2. The minimum Gasteiger partial charge on any atom is -0.464 e. The summed E-state index contributed by atoms with van der Waals surface area (Å²) in [6.45, 7) is 1.94. The number of rotatable bonds is 6. The molecule has 6 nitrogen and oxygen atoms in total. The van der Waals surface area contributed by atoms with E-state index in [0.29, 0.717) is 10.8 Å². The third-order valence-electron chi connectivity index (χ3n) is 4.22. The number of benzene rings is 2. The van der Waals surface area contributed by atoms with Crippen LogP contribution in [0, 0.1) is 0 Å². The Bertz CT molecular complexity index is 824. The molecular weight excluding hydrogens is 368 g/mol. The van der Waals surface area contributed by atoms with Gasteiger partial charge < -0.3 is 9.47 Å². The molecule has 1 saturated heterocycles. The van der Waals surface area contributed by atoms with Crippen LogP contribution in [0.15, 0.2) is 59.7 Å². The molecular formula is C20H19ClN2O4. The molecule has 3 rings (SSSR count). The maximum absolute atomic E-state index is 12.5. The van der Waals surface area contributed by atoms with Crippen molar-refractivity contribution in [1.82, 2.24) is 5.01 Å². The predicted molar refractivity (Wildman–Crippen MR) is 102 cm³/mol. The van der Waals surface area contributed by atoms with Crippen molar-refractivity contribution in [2.24, 2.45) is 5.10 Å². The third-order valence-corrected chi connectivity index (χ3v) is 4.48. The highest BCUT2D eigenvalue weighted by Crippen LogP contribution is 2.35. The summed E-state index contributed by atoms with van der Waals surface area (Å²) in [6.07, 6.45) is 1.30. The lowest BCUT2D eigenvalue weighted by Gasteiger charge is -2.22. The first kappa shape index (κ1) is 18.9. The summed E-state index contributed by atoms with van der Waals surface area (Å²) in [5.74, 6) is -0.571. The van der Waals surface area contributed by atoms with Crippen LogP contribution in [0.3, 0.4) is 0 Å². The standard InChI is InChI=1S/C20H19ClN2O4/c1-2-26-20(25)19-17(14-8-10-15(21)11-9-14)12-18(24)23(19)22-13-27-16-6-4-3-5-7-16/h3-11,13,17,19H,2,12H2,1H3/t17-,19+/m0/s1. The maximum Gasteiger partial charge on any atom is 0.331 e. The number of ether oxygens (including phenoxy) is 2. The molecule has 2 aromatic carbocycles. The number of amides is 1. The minimum atomic E-state index is -0.853. The van der Waals surface area contributed by atoms with Gasteiger partial charge in [0.2, 0.25) is 5.91 Å². The van der Waals surface area contributed by atoms with Crippen molar-refractivity contribution < 1.29 is 19.1 Å². The lowest BCUT2D eigenvalue weighted by molar-refractivity contribution is -0.151. The molecule has 1 fully saturated rings. The molecule has 2 atom stereocenters. The van der Waals surface area contributed by atoms with Gasteiger partial charge in [0.25, 0.3) is 0 Å². The van der Waals surface area contributed by atoms with Crippen molar-refractivity contribution >= 4 is 29.9 Å². The Hall–Kier alpha value is -2.86. The first-order valence-corrected chi connectivity index (χ1v) is 8.96. The number of nitrogens with zero attached hydrogens (tertiary/aromatic N) is 2. The Morgan fingerprint density at radius 2 is 1.93 bits per heavy atom. The van der Waals surface area contributed by atoms with E-state index in [1.54, 1.807) is 43.3 Å². The summed E-state index contributed by atoms with van der Waals surface area (Å²) < 4.78 is 10.6. The predicted octanol–water partition coefficient (Wildman–Crippen LogP) is 3.61. The second-order valence-corrected chi connectivity index (χ2v) is 6.39. The fourth-order valence-electron chi connectivity index (χ4n) is 2.99. The fourth-order valence-corrected chi connectivity index (χ4v) is 3.12. The average Bonchev–Trinajstić information content (AvgIpc) is 3.00. The lowest BCUT2D eigenvalue weighted by Crippen LogP contribution is -2.39. The van der Waals surface area contributed by atoms with Gasteiger partial charge in [0, 0.05) is 17.4 Å². The molecule has 0 spiro atoms. The molecule has 7 heteroatoms. The molecule has 0 aliphatic carbocycles. The van der Waals surface area contributed by atoms with Crippen LogP contribution in [-0.2, 0) is 14.3 Å². The van der Waals surface area contributed by atoms with E-state index in [9.17, 15) is 9.59 Å². The molecule has 0 bridgehead atoms. The van der Waals surface area contributed by atoms with Crippen LogP contribution in [0.25, 0.3) is 0 Å². The molecule has 0 N–H and O–H groups in total. The Kier molecular flexibility index (Phi) is 6.08. The third kappa shape index (κ3) is 4.46. The molecule has 0 unspecified atom stereocenters. The summed E-state index contributed by atoms with van der Waals surface area (Å²) in [7, 11) is 0. The van der Waals surface area contributed by atoms with E-state index in [-0.39, 0.29) is 24.9 Å². The quantitative estimate of drug-likeness (QED) is 0.432. The molecule has 1 heterocycles. The second-order valence-electron chi connectivity index (χ2n) is 5.95. The van der Waals surface area contributed by atoms with Gasteiger partial charge in [0.15, 0.2) is 12.4 Å². The number of hydrogen-bond acceptors (Lipinski definition) is 5. The number of hydrazone groups is 1. The van der Waals surface area contributed by atoms with Crippen molar-refractivity contribution in [2.45, 2.75) is 25.3 Å². The van der Waals surface area contributed by atoms with E-state index in [1.807, 2.05) is 18.2 Å². The maximum atomic E-state index is 12.5. The number of halogens is 1. The zero-order valence-electron chi connectivity index (χ0n) is 14.7. The normalized spacial score (nSPS) is 19.5. The summed E-state index contributed by atoms with van der Waals surface area (Å²) in [4.78, 5) is 25.0. The van der Waals surface area contributed by atoms with Gasteiger partial charge in [0.05, 0.1) is 6.61 Å². The van der Waals surface area contributed by atoms with Crippen LogP contribution in [0.4, 0.5) is 0 Å². The van der Waals surface area contributed by atoms with E-state index >= 15 is 0 Å². The highest BCUT2D eigenvalue weighted by molar-refractivity contribution is 6.30. The van der Waals surface area contributed by atoms with Gasteiger partial charge in [-0.3, -0.25) is 4.79 Å². The van der Waals surface area contributed by atoms with E-state index in [0.717, 1.165) is 17.0 Å². The van der Waals surface area contributed by atoms with Crippen LogP contribution in [0.5, 0.6) is 5.75 Å². The van der Waals surface area contributed by atoms with Gasteiger partial charge >= 0.3 is 5.97 Å². The van der Waals surface area contributed by atoms with Gasteiger partial charge in [-0.05, 0) is 36.8 Å². The summed E-state index contributed by atoms with van der Waals surface area (Å²) in [6, 6.07) is 15.2. The minimum absolute atomic E-state index is 0.147. The Morgan fingerprint density at radius 1 is 1.22 bits per heavy atom. The Morgan fingerprint density at radius 3 is 2.59 bits per heavy atom. The van der Waals surface area contributed by atoms with E-state index in [4.69, 9.17) is 21.1 Å². The zero-order valence-corrected chi connectivity index (χ0v) is 15.5. The first-order chi connectivity index (χ1) is 13.1. The molecule has 27 heavy (non-hydrogen) atoms. The van der Waals surface area contributed by atoms with E-state index in [2.05, 4.69) is 5.10 Å². The second kappa shape index (κ2) is 8.68. The van der Waals surface area contributed by atoms with Gasteiger partial charge in [-0.25, -0.2) is 9.80 Å². The first-order valence-electron chi connectivity index (χ1n) is 8.58. The molecule has 1 aliphatic heterocycles. The van der Waals surface area contributed by atoms with E-state index < -0.39 is 12.0 Å². The van der Waals surface area contributed by atoms with Crippen molar-refractivity contribution in [1.29, 1.82) is 0 Å². The van der Waals surface area contributed by atoms with Crippen LogP contribution >= 0.6 is 11.6 Å². The van der Waals surface area contributed by atoms with Crippen molar-refractivity contribution in [3.63, 3.8) is 0 Å². The van der Waals surface area contributed by atoms with Crippen LogP contribution in [0.2, 0.25) is 5.02 Å². The molecule has 0 radical (unpaired) electrons. The molecule has 2 aromatic rings.